The van der Waals surface area contributed by atoms with Crippen LogP contribution < -0.4 is 0 Å². The van der Waals surface area contributed by atoms with E-state index in [9.17, 15) is 0 Å². The molecule has 0 unspecified atom stereocenters. The third kappa shape index (κ3) is 36.7. The number of aryl methyl sites for hydroxylation is 2. The van der Waals surface area contributed by atoms with Gasteiger partial charge < -0.3 is 0 Å². The van der Waals surface area contributed by atoms with Crippen molar-refractivity contribution in [2.24, 2.45) is 23.7 Å². The summed E-state index contributed by atoms with van der Waals surface area (Å²) in [7, 11) is 0. The minimum atomic E-state index is 0.913. The summed E-state index contributed by atoms with van der Waals surface area (Å²) in [6.07, 6.45) is 13.6. The Labute approximate surface area is 238 Å². The van der Waals surface area contributed by atoms with Crippen LogP contribution in [0.5, 0.6) is 0 Å². The Morgan fingerprint density at radius 2 is 0.973 bits per heavy atom. The zero-order valence-corrected chi connectivity index (χ0v) is 28.0. The molecule has 218 valence electrons. The monoisotopic (exact) mass is 515 g/mol. The number of rotatable bonds is 3. The number of hydrogen-bond acceptors (Lipinski definition) is 0. The Morgan fingerprint density at radius 3 is 1.19 bits per heavy atom. The van der Waals surface area contributed by atoms with Gasteiger partial charge in [0.15, 0.2) is 0 Å². The second-order valence-corrected chi connectivity index (χ2v) is 10.3. The van der Waals surface area contributed by atoms with E-state index in [2.05, 4.69) is 105 Å². The van der Waals surface area contributed by atoms with Crippen LogP contribution >= 0.6 is 0 Å². The first kappa shape index (κ1) is 45.4. The van der Waals surface area contributed by atoms with Crippen LogP contribution in [-0.2, 0) is 0 Å². The van der Waals surface area contributed by atoms with E-state index >= 15 is 0 Å². The highest BCUT2D eigenvalue weighted by Crippen LogP contribution is 2.36. The lowest BCUT2D eigenvalue weighted by atomic mass is 9.50. The summed E-state index contributed by atoms with van der Waals surface area (Å²) in [5.74, 6) is 4.17. The fourth-order valence-corrected chi connectivity index (χ4v) is 3.94. The van der Waals surface area contributed by atoms with Crippen LogP contribution in [0.3, 0.4) is 0 Å². The molecule has 0 N–H and O–H groups in total. The lowest BCUT2D eigenvalue weighted by Crippen LogP contribution is -2.21. The molecule has 3 rings (SSSR count). The number of benzene rings is 1. The Morgan fingerprint density at radius 1 is 0.703 bits per heavy atom. The molecule has 2 saturated carbocycles. The average Bonchev–Trinajstić information content (AvgIpc) is 2.91. The van der Waals surface area contributed by atoms with Gasteiger partial charge >= 0.3 is 0 Å². The van der Waals surface area contributed by atoms with Crippen molar-refractivity contribution >= 4 is 6.71 Å². The molecule has 37 heavy (non-hydrogen) atoms. The third-order valence-electron chi connectivity index (χ3n) is 6.15. The zero-order chi connectivity index (χ0) is 30.2. The molecular formula is C36H71B. The van der Waals surface area contributed by atoms with Crippen LogP contribution in [0.1, 0.15) is 111 Å². The highest BCUT2D eigenvalue weighted by Gasteiger charge is 2.24. The van der Waals surface area contributed by atoms with Gasteiger partial charge in [0, 0.05) is 0 Å². The summed E-state index contributed by atoms with van der Waals surface area (Å²) >= 11 is 0. The summed E-state index contributed by atoms with van der Waals surface area (Å²) in [6, 6.07) is 8.48. The fourth-order valence-electron chi connectivity index (χ4n) is 3.94. The Bertz CT molecular complexity index is 483. The Hall–Kier alpha value is -1.50. The van der Waals surface area contributed by atoms with Crippen LogP contribution in [0, 0.1) is 37.5 Å². The van der Waals surface area contributed by atoms with Crippen LogP contribution in [0.4, 0.5) is 0 Å². The summed E-state index contributed by atoms with van der Waals surface area (Å²) < 4.78 is 0. The minimum absolute atomic E-state index is 0.913. The maximum absolute atomic E-state index is 3.36. The maximum Gasteiger partial charge on any atom is 0.133 e. The van der Waals surface area contributed by atoms with Gasteiger partial charge in [-0.05, 0) is 57.3 Å². The van der Waals surface area contributed by atoms with E-state index in [4.69, 9.17) is 0 Å². The first-order chi connectivity index (χ1) is 17.7. The molecule has 0 spiro atoms. The molecule has 1 aromatic rings. The lowest BCUT2D eigenvalue weighted by molar-refractivity contribution is 0.206. The summed E-state index contributed by atoms with van der Waals surface area (Å²) in [4.78, 5) is 0. The van der Waals surface area contributed by atoms with Gasteiger partial charge in [0.2, 0.25) is 0 Å². The van der Waals surface area contributed by atoms with Crippen molar-refractivity contribution in [1.82, 2.24) is 0 Å². The highest BCUT2D eigenvalue weighted by atomic mass is 14.3. The SMILES string of the molecule is C=C.C=C.C=CC.CB(C)CCC1CC(C)C1.CC.CC.CC1CCC(C)CC1.Cc1ccc(C)cc1. The van der Waals surface area contributed by atoms with Gasteiger partial charge in [-0.1, -0.05) is 142 Å². The van der Waals surface area contributed by atoms with E-state index in [0.29, 0.717) is 0 Å². The third-order valence-corrected chi connectivity index (χ3v) is 6.15. The fraction of sp³-hybridized carbons (Fsp3) is 0.667. The smallest absolute Gasteiger partial charge is 0.106 e. The maximum atomic E-state index is 3.36. The van der Waals surface area contributed by atoms with E-state index in [0.717, 1.165) is 30.4 Å². The molecular weight excluding hydrogens is 443 g/mol. The van der Waals surface area contributed by atoms with E-state index in [1.165, 1.54) is 62.4 Å². The van der Waals surface area contributed by atoms with Crippen molar-refractivity contribution in [3.8, 4) is 0 Å². The minimum Gasteiger partial charge on any atom is -0.106 e. The lowest BCUT2D eigenvalue weighted by Gasteiger charge is -2.32. The summed E-state index contributed by atoms with van der Waals surface area (Å²) in [5, 5.41) is 0. The van der Waals surface area contributed by atoms with Crippen LogP contribution in [0.2, 0.25) is 20.0 Å². The molecule has 0 nitrogen and oxygen atoms in total. The van der Waals surface area contributed by atoms with Gasteiger partial charge in [0.25, 0.3) is 0 Å². The van der Waals surface area contributed by atoms with Gasteiger partial charge in [-0.15, -0.1) is 32.9 Å². The molecule has 1 heteroatoms. The molecule has 0 saturated heterocycles. The second-order valence-electron chi connectivity index (χ2n) is 10.3. The molecule has 0 atom stereocenters. The van der Waals surface area contributed by atoms with E-state index < -0.39 is 0 Å². The largest absolute Gasteiger partial charge is 0.133 e. The van der Waals surface area contributed by atoms with Crippen molar-refractivity contribution in [2.75, 3.05) is 0 Å². The predicted octanol–water partition coefficient (Wildman–Crippen LogP) is 13.2. The normalized spacial score (nSPS) is 20.0. The summed E-state index contributed by atoms with van der Waals surface area (Å²) in [5.41, 5.74) is 2.66. The molecule has 0 bridgehead atoms. The van der Waals surface area contributed by atoms with Crippen molar-refractivity contribution in [3.05, 3.63) is 74.4 Å². The van der Waals surface area contributed by atoms with Crippen molar-refractivity contribution < 1.29 is 0 Å². The van der Waals surface area contributed by atoms with Gasteiger partial charge in [-0.25, -0.2) is 0 Å². The van der Waals surface area contributed by atoms with Crippen LogP contribution in [0.15, 0.2) is 63.2 Å². The van der Waals surface area contributed by atoms with Crippen LogP contribution in [-0.4, -0.2) is 6.71 Å². The number of allylic oxidation sites excluding steroid dienone is 1. The molecule has 0 aliphatic heterocycles. The quantitative estimate of drug-likeness (QED) is 0.278. The highest BCUT2D eigenvalue weighted by molar-refractivity contribution is 6.55. The average molecular weight is 515 g/mol. The Balaban J connectivity index is -0.000000117. The molecule has 0 heterocycles. The molecule has 2 aliphatic carbocycles. The van der Waals surface area contributed by atoms with Gasteiger partial charge in [-0.3, -0.25) is 0 Å². The van der Waals surface area contributed by atoms with Gasteiger partial charge in [-0.2, -0.15) is 0 Å². The Kier molecular flexibility index (Phi) is 45.0. The molecule has 0 amide bonds. The summed E-state index contributed by atoms with van der Waals surface area (Å²) in [6.45, 7) is 42.1. The standard InChI is InChI=1S/C9H19B.C8H16.C8H10.C3H6.2C2H6.2C2H4/c1-8-6-9(7-8)4-5-10(2)3;2*1-7-3-5-8(2)6-4-7;1-3-2;4*1-2/h8-9H,4-7H2,1-3H3;7-8H,3-6H2,1-2H3;3-6H,1-2H3;3H,1H2,2H3;2*1-2H3;2*1-2H2. The molecule has 0 aromatic heterocycles. The number of hydrogen-bond donors (Lipinski definition) is 0. The van der Waals surface area contributed by atoms with Crippen molar-refractivity contribution in [3.63, 3.8) is 0 Å². The topological polar surface area (TPSA) is 0 Å². The van der Waals surface area contributed by atoms with E-state index in [1.807, 2.05) is 34.6 Å². The predicted molar refractivity (Wildman–Crippen MR) is 183 cm³/mol. The van der Waals surface area contributed by atoms with E-state index in [1.54, 1.807) is 6.08 Å². The first-order valence-electron chi connectivity index (χ1n) is 15.3. The zero-order valence-electron chi connectivity index (χ0n) is 28.0. The molecule has 2 fully saturated rings. The first-order valence-corrected chi connectivity index (χ1v) is 15.3. The van der Waals surface area contributed by atoms with Gasteiger partial charge in [0.05, 0.1) is 0 Å². The second kappa shape index (κ2) is 36.7. The molecule has 0 radical (unpaired) electrons. The molecule has 1 aromatic carbocycles. The van der Waals surface area contributed by atoms with Crippen molar-refractivity contribution in [1.29, 1.82) is 0 Å². The van der Waals surface area contributed by atoms with Gasteiger partial charge in [0.1, 0.15) is 6.71 Å². The van der Waals surface area contributed by atoms with Crippen molar-refractivity contribution in [2.45, 2.75) is 134 Å². The van der Waals surface area contributed by atoms with Crippen LogP contribution in [0.25, 0.3) is 0 Å². The van der Waals surface area contributed by atoms with E-state index in [-0.39, 0.29) is 0 Å². The molecule has 2 aliphatic rings.